The molecule has 0 saturated heterocycles. The summed E-state index contributed by atoms with van der Waals surface area (Å²) in [5, 5.41) is 3.42. The second-order valence-corrected chi connectivity index (χ2v) is 6.02. The van der Waals surface area contributed by atoms with Crippen molar-refractivity contribution in [3.8, 4) is 5.75 Å². The van der Waals surface area contributed by atoms with Gasteiger partial charge >= 0.3 is 0 Å². The molecule has 1 N–H and O–H groups in total. The Kier molecular flexibility index (Phi) is 5.83. The normalized spacial score (nSPS) is 12.2. The monoisotopic (exact) mass is 347 g/mol. The lowest BCUT2D eigenvalue weighted by molar-refractivity contribution is 0.312. The van der Waals surface area contributed by atoms with Crippen LogP contribution in [0.5, 0.6) is 5.75 Å². The van der Waals surface area contributed by atoms with E-state index in [0.29, 0.717) is 0 Å². The molecule has 112 valence electrons. The Bertz CT molecular complexity index is 598. The zero-order valence-electron chi connectivity index (χ0n) is 12.8. The van der Waals surface area contributed by atoms with E-state index in [-0.39, 0.29) is 6.04 Å². The van der Waals surface area contributed by atoms with Crippen LogP contribution in [0.4, 0.5) is 0 Å². The van der Waals surface area contributed by atoms with E-state index in [2.05, 4.69) is 65.4 Å². The summed E-state index contributed by atoms with van der Waals surface area (Å²) in [5.74, 6) is 0.959. The highest BCUT2D eigenvalue weighted by Crippen LogP contribution is 2.32. The number of hydrogen-bond acceptors (Lipinski definition) is 2. The number of halogens is 1. The molecule has 1 unspecified atom stereocenters. The van der Waals surface area contributed by atoms with Gasteiger partial charge in [0, 0.05) is 10.0 Å². The zero-order valence-corrected chi connectivity index (χ0v) is 14.4. The van der Waals surface area contributed by atoms with Crippen molar-refractivity contribution in [1.29, 1.82) is 0 Å². The van der Waals surface area contributed by atoms with Crippen molar-refractivity contribution in [3.05, 3.63) is 63.6 Å². The first-order valence-electron chi connectivity index (χ1n) is 7.32. The second kappa shape index (κ2) is 7.62. The highest BCUT2D eigenvalue weighted by molar-refractivity contribution is 9.10. The number of ether oxygens (including phenoxy) is 1. The molecule has 0 aliphatic heterocycles. The number of aryl methyl sites for hydroxylation is 1. The highest BCUT2D eigenvalue weighted by Gasteiger charge is 2.18. The van der Waals surface area contributed by atoms with Crippen LogP contribution < -0.4 is 10.1 Å². The van der Waals surface area contributed by atoms with Crippen LogP contribution >= 0.6 is 15.9 Å². The minimum absolute atomic E-state index is 0.131. The third-order valence-electron chi connectivity index (χ3n) is 3.52. The fraction of sp³-hybridized carbons (Fsp3) is 0.333. The lowest BCUT2D eigenvalue weighted by Gasteiger charge is -2.22. The van der Waals surface area contributed by atoms with Gasteiger partial charge in [-0.2, -0.15) is 0 Å². The summed E-state index contributed by atoms with van der Waals surface area (Å²) >= 11 is 3.53. The molecule has 0 heterocycles. The molecule has 0 aliphatic rings. The van der Waals surface area contributed by atoms with Crippen LogP contribution in [-0.4, -0.2) is 13.7 Å². The van der Waals surface area contributed by atoms with Gasteiger partial charge in [-0.25, -0.2) is 0 Å². The SMILES string of the molecule is CCCOc1ccccc1C(NC)c1ccc(Br)cc1C. The van der Waals surface area contributed by atoms with Crippen molar-refractivity contribution in [3.63, 3.8) is 0 Å². The van der Waals surface area contributed by atoms with E-state index >= 15 is 0 Å². The molecular formula is C18H22BrNO. The van der Waals surface area contributed by atoms with Crippen LogP contribution in [-0.2, 0) is 0 Å². The fourth-order valence-corrected chi connectivity index (χ4v) is 2.98. The Hall–Kier alpha value is -1.32. The molecule has 0 spiro atoms. The Morgan fingerprint density at radius 2 is 1.90 bits per heavy atom. The fourth-order valence-electron chi connectivity index (χ4n) is 2.50. The zero-order chi connectivity index (χ0) is 15.2. The van der Waals surface area contributed by atoms with Crippen molar-refractivity contribution in [1.82, 2.24) is 5.32 Å². The summed E-state index contributed by atoms with van der Waals surface area (Å²) in [5.41, 5.74) is 3.71. The third-order valence-corrected chi connectivity index (χ3v) is 4.02. The Labute approximate surface area is 135 Å². The average molecular weight is 348 g/mol. The summed E-state index contributed by atoms with van der Waals surface area (Å²) < 4.78 is 7.01. The first-order valence-corrected chi connectivity index (χ1v) is 8.11. The standard InChI is InChI=1S/C18H22BrNO/c1-4-11-21-17-8-6-5-7-16(17)18(20-3)15-10-9-14(19)12-13(15)2/h5-10,12,18,20H,4,11H2,1-3H3. The van der Waals surface area contributed by atoms with E-state index in [9.17, 15) is 0 Å². The van der Waals surface area contributed by atoms with Crippen LogP contribution in [0.3, 0.4) is 0 Å². The topological polar surface area (TPSA) is 21.3 Å². The highest BCUT2D eigenvalue weighted by atomic mass is 79.9. The minimum atomic E-state index is 0.131. The van der Waals surface area contributed by atoms with Crippen molar-refractivity contribution < 1.29 is 4.74 Å². The largest absolute Gasteiger partial charge is 0.493 e. The molecule has 0 amide bonds. The second-order valence-electron chi connectivity index (χ2n) is 5.11. The molecule has 3 heteroatoms. The van der Waals surface area contributed by atoms with Gasteiger partial charge in [0.2, 0.25) is 0 Å². The van der Waals surface area contributed by atoms with Gasteiger partial charge in [0.25, 0.3) is 0 Å². The molecule has 0 aliphatic carbocycles. The molecule has 21 heavy (non-hydrogen) atoms. The van der Waals surface area contributed by atoms with Crippen LogP contribution in [0, 0.1) is 6.92 Å². The summed E-state index contributed by atoms with van der Waals surface area (Å²) in [6.07, 6.45) is 1.01. The molecule has 0 saturated carbocycles. The predicted octanol–water partition coefficient (Wildman–Crippen LogP) is 4.86. The van der Waals surface area contributed by atoms with Crippen LogP contribution in [0.25, 0.3) is 0 Å². The number of rotatable bonds is 6. The predicted molar refractivity (Wildman–Crippen MR) is 92.0 cm³/mol. The van der Waals surface area contributed by atoms with Crippen LogP contribution in [0.15, 0.2) is 46.9 Å². The van der Waals surface area contributed by atoms with Gasteiger partial charge < -0.3 is 10.1 Å². The van der Waals surface area contributed by atoms with E-state index in [1.807, 2.05) is 19.2 Å². The van der Waals surface area contributed by atoms with E-state index in [1.54, 1.807) is 0 Å². The van der Waals surface area contributed by atoms with Crippen LogP contribution in [0.1, 0.15) is 36.1 Å². The Morgan fingerprint density at radius 1 is 1.14 bits per heavy atom. The summed E-state index contributed by atoms with van der Waals surface area (Å²) in [6.45, 7) is 5.00. The minimum Gasteiger partial charge on any atom is -0.493 e. The first kappa shape index (κ1) is 16.1. The molecule has 2 aromatic carbocycles. The van der Waals surface area contributed by atoms with E-state index < -0.39 is 0 Å². The lowest BCUT2D eigenvalue weighted by atomic mass is 9.94. The summed E-state index contributed by atoms with van der Waals surface area (Å²) in [6, 6.07) is 14.8. The maximum Gasteiger partial charge on any atom is 0.124 e. The van der Waals surface area contributed by atoms with Crippen molar-refractivity contribution in [2.45, 2.75) is 26.3 Å². The average Bonchev–Trinajstić information content (AvgIpc) is 2.49. The number of hydrogen-bond donors (Lipinski definition) is 1. The van der Waals surface area contributed by atoms with Gasteiger partial charge in [-0.3, -0.25) is 0 Å². The van der Waals surface area contributed by atoms with Crippen molar-refractivity contribution >= 4 is 15.9 Å². The molecule has 0 radical (unpaired) electrons. The maximum absolute atomic E-state index is 5.90. The molecule has 1 atom stereocenters. The molecule has 2 aromatic rings. The van der Waals surface area contributed by atoms with E-state index in [4.69, 9.17) is 4.74 Å². The van der Waals surface area contributed by atoms with Gasteiger partial charge in [-0.05, 0) is 49.7 Å². The van der Waals surface area contributed by atoms with E-state index in [0.717, 1.165) is 23.2 Å². The summed E-state index contributed by atoms with van der Waals surface area (Å²) in [4.78, 5) is 0. The van der Waals surface area contributed by atoms with Gasteiger partial charge in [0.15, 0.2) is 0 Å². The molecule has 2 rings (SSSR count). The molecule has 0 fully saturated rings. The third kappa shape index (κ3) is 3.86. The van der Waals surface area contributed by atoms with Crippen LogP contribution in [0.2, 0.25) is 0 Å². The number of nitrogens with one attached hydrogen (secondary N) is 1. The summed E-state index contributed by atoms with van der Waals surface area (Å²) in [7, 11) is 1.99. The molecule has 2 nitrogen and oxygen atoms in total. The first-order chi connectivity index (χ1) is 10.2. The number of benzene rings is 2. The van der Waals surface area contributed by atoms with Gasteiger partial charge in [0.1, 0.15) is 5.75 Å². The van der Waals surface area contributed by atoms with Gasteiger partial charge in [-0.1, -0.05) is 47.1 Å². The van der Waals surface area contributed by atoms with Crippen molar-refractivity contribution in [2.24, 2.45) is 0 Å². The van der Waals surface area contributed by atoms with Gasteiger partial charge in [0.05, 0.1) is 12.6 Å². The molecular weight excluding hydrogens is 326 g/mol. The van der Waals surface area contributed by atoms with E-state index in [1.165, 1.54) is 16.7 Å². The Balaban J connectivity index is 2.41. The van der Waals surface area contributed by atoms with Gasteiger partial charge in [-0.15, -0.1) is 0 Å². The Morgan fingerprint density at radius 3 is 2.57 bits per heavy atom. The molecule has 0 aromatic heterocycles. The number of para-hydroxylation sites is 1. The quantitative estimate of drug-likeness (QED) is 0.805. The maximum atomic E-state index is 5.90. The van der Waals surface area contributed by atoms with Crippen molar-refractivity contribution in [2.75, 3.05) is 13.7 Å². The smallest absolute Gasteiger partial charge is 0.124 e. The lowest BCUT2D eigenvalue weighted by Crippen LogP contribution is -2.19. The molecule has 0 bridgehead atoms.